The van der Waals surface area contributed by atoms with Gasteiger partial charge < -0.3 is 4.90 Å². The third-order valence-electron chi connectivity index (χ3n) is 3.31. The summed E-state index contributed by atoms with van der Waals surface area (Å²) in [4.78, 5) is 14.5. The molecule has 106 valence electrons. The van der Waals surface area contributed by atoms with Crippen LogP contribution in [-0.4, -0.2) is 29.2 Å². The van der Waals surface area contributed by atoms with Crippen LogP contribution in [-0.2, 0) is 0 Å². The molecule has 2 aromatic carbocycles. The molecular weight excluding hydrogens is 321 g/mol. The second kappa shape index (κ2) is 6.35. The first-order chi connectivity index (χ1) is 9.50. The Morgan fingerprint density at radius 1 is 1.25 bits per heavy atom. The van der Waals surface area contributed by atoms with Gasteiger partial charge in [0.25, 0.3) is 5.91 Å². The molecule has 0 aliphatic rings. The third kappa shape index (κ3) is 3.18. The highest BCUT2D eigenvalue weighted by Crippen LogP contribution is 2.23. The van der Waals surface area contributed by atoms with Crippen molar-refractivity contribution in [2.45, 2.75) is 18.2 Å². The summed E-state index contributed by atoms with van der Waals surface area (Å²) in [6.45, 7) is 2.71. The van der Waals surface area contributed by atoms with Crippen LogP contribution in [0.2, 0.25) is 0 Å². The fourth-order valence-electron chi connectivity index (χ4n) is 2.13. The number of amides is 1. The van der Waals surface area contributed by atoms with Crippen molar-refractivity contribution in [1.29, 1.82) is 0 Å². The van der Waals surface area contributed by atoms with Gasteiger partial charge in [0, 0.05) is 29.4 Å². The molecule has 0 aliphatic heterocycles. The number of halogens is 2. The van der Waals surface area contributed by atoms with E-state index in [0.717, 1.165) is 6.42 Å². The molecule has 0 N–H and O–H groups in total. The topological polar surface area (TPSA) is 20.3 Å². The van der Waals surface area contributed by atoms with Gasteiger partial charge in [0.1, 0.15) is 5.82 Å². The summed E-state index contributed by atoms with van der Waals surface area (Å²) in [7, 11) is 1.77. The van der Waals surface area contributed by atoms with E-state index in [1.807, 2.05) is 13.0 Å². The second-order valence-corrected chi connectivity index (χ2v) is 6.50. The maximum Gasteiger partial charge on any atom is 0.254 e. The Bertz CT molecular complexity index is 627. The molecule has 2 rings (SSSR count). The van der Waals surface area contributed by atoms with Crippen molar-refractivity contribution in [3.8, 4) is 0 Å². The SMILES string of the molecule is CC(Br)CCN(C)C(=O)c1ccc(F)c2ccccc12. The van der Waals surface area contributed by atoms with Crippen LogP contribution in [0.5, 0.6) is 0 Å². The molecular formula is C16H17BrFNO. The molecule has 20 heavy (non-hydrogen) atoms. The summed E-state index contributed by atoms with van der Waals surface area (Å²) in [5.41, 5.74) is 0.548. The summed E-state index contributed by atoms with van der Waals surface area (Å²) < 4.78 is 13.8. The fourth-order valence-corrected chi connectivity index (χ4v) is 2.33. The number of carbonyl (C=O) groups is 1. The monoisotopic (exact) mass is 337 g/mol. The van der Waals surface area contributed by atoms with E-state index in [4.69, 9.17) is 0 Å². The van der Waals surface area contributed by atoms with Crippen LogP contribution in [0.25, 0.3) is 10.8 Å². The lowest BCUT2D eigenvalue weighted by Crippen LogP contribution is -2.29. The third-order valence-corrected chi connectivity index (χ3v) is 3.77. The quantitative estimate of drug-likeness (QED) is 0.764. The molecule has 0 fully saturated rings. The number of nitrogens with zero attached hydrogens (tertiary/aromatic N) is 1. The van der Waals surface area contributed by atoms with Gasteiger partial charge in [-0.15, -0.1) is 0 Å². The lowest BCUT2D eigenvalue weighted by molar-refractivity contribution is 0.0796. The highest BCUT2D eigenvalue weighted by atomic mass is 79.9. The van der Waals surface area contributed by atoms with E-state index in [2.05, 4.69) is 15.9 Å². The molecule has 0 radical (unpaired) electrons. The Labute approximate surface area is 126 Å². The largest absolute Gasteiger partial charge is 0.342 e. The molecule has 0 saturated carbocycles. The number of alkyl halides is 1. The van der Waals surface area contributed by atoms with Crippen molar-refractivity contribution in [2.24, 2.45) is 0 Å². The number of hydrogen-bond acceptors (Lipinski definition) is 1. The molecule has 0 saturated heterocycles. The van der Waals surface area contributed by atoms with E-state index in [9.17, 15) is 9.18 Å². The summed E-state index contributed by atoms with van der Waals surface area (Å²) in [5.74, 6) is -0.372. The van der Waals surface area contributed by atoms with E-state index in [0.29, 0.717) is 27.7 Å². The van der Waals surface area contributed by atoms with Crippen molar-refractivity contribution >= 4 is 32.6 Å². The van der Waals surface area contributed by atoms with E-state index in [-0.39, 0.29) is 11.7 Å². The molecule has 0 aliphatic carbocycles. The van der Waals surface area contributed by atoms with Crippen LogP contribution < -0.4 is 0 Å². The number of hydrogen-bond donors (Lipinski definition) is 0. The minimum Gasteiger partial charge on any atom is -0.342 e. The first-order valence-corrected chi connectivity index (χ1v) is 7.49. The van der Waals surface area contributed by atoms with Crippen molar-refractivity contribution in [1.82, 2.24) is 4.90 Å². The number of fused-ring (bicyclic) bond motifs is 1. The molecule has 0 spiro atoms. The average molecular weight is 338 g/mol. The zero-order valence-electron chi connectivity index (χ0n) is 11.6. The molecule has 0 aromatic heterocycles. The molecule has 2 nitrogen and oxygen atoms in total. The lowest BCUT2D eigenvalue weighted by atomic mass is 10.0. The summed E-state index contributed by atoms with van der Waals surface area (Å²) in [6.07, 6.45) is 0.876. The fraction of sp³-hybridized carbons (Fsp3) is 0.312. The molecule has 2 aromatic rings. The van der Waals surface area contributed by atoms with Gasteiger partial charge >= 0.3 is 0 Å². The zero-order valence-corrected chi connectivity index (χ0v) is 13.2. The lowest BCUT2D eigenvalue weighted by Gasteiger charge is -2.19. The minimum atomic E-state index is -0.297. The van der Waals surface area contributed by atoms with Gasteiger partial charge in [-0.1, -0.05) is 47.1 Å². The van der Waals surface area contributed by atoms with Crippen LogP contribution in [0, 0.1) is 5.82 Å². The van der Waals surface area contributed by atoms with Gasteiger partial charge in [0.2, 0.25) is 0 Å². The predicted octanol–water partition coefficient (Wildman–Crippen LogP) is 4.22. The van der Waals surface area contributed by atoms with Crippen LogP contribution in [0.1, 0.15) is 23.7 Å². The maximum absolute atomic E-state index is 13.8. The normalized spacial score (nSPS) is 12.4. The Kier molecular flexibility index (Phi) is 4.76. The van der Waals surface area contributed by atoms with Gasteiger partial charge in [-0.25, -0.2) is 4.39 Å². The maximum atomic E-state index is 13.8. The van der Waals surface area contributed by atoms with Crippen LogP contribution in [0.15, 0.2) is 36.4 Å². The first kappa shape index (κ1) is 15.0. The molecule has 1 atom stereocenters. The highest BCUT2D eigenvalue weighted by molar-refractivity contribution is 9.09. The number of rotatable bonds is 4. The Morgan fingerprint density at radius 3 is 2.55 bits per heavy atom. The summed E-state index contributed by atoms with van der Waals surface area (Å²) in [6, 6.07) is 9.99. The molecule has 4 heteroatoms. The summed E-state index contributed by atoms with van der Waals surface area (Å²) in [5, 5.41) is 1.15. The Balaban J connectivity index is 2.33. The Hall–Kier alpha value is -1.42. The number of benzene rings is 2. The van der Waals surface area contributed by atoms with E-state index >= 15 is 0 Å². The van der Waals surface area contributed by atoms with Crippen molar-refractivity contribution in [3.63, 3.8) is 0 Å². The smallest absolute Gasteiger partial charge is 0.254 e. The van der Waals surface area contributed by atoms with Crippen molar-refractivity contribution in [3.05, 3.63) is 47.8 Å². The van der Waals surface area contributed by atoms with E-state index < -0.39 is 0 Å². The molecule has 1 amide bonds. The van der Waals surface area contributed by atoms with Crippen LogP contribution >= 0.6 is 15.9 Å². The van der Waals surface area contributed by atoms with Gasteiger partial charge in [-0.2, -0.15) is 0 Å². The van der Waals surface area contributed by atoms with Crippen LogP contribution in [0.3, 0.4) is 0 Å². The zero-order chi connectivity index (χ0) is 14.7. The summed E-state index contributed by atoms with van der Waals surface area (Å²) >= 11 is 3.47. The number of carbonyl (C=O) groups excluding carboxylic acids is 1. The van der Waals surface area contributed by atoms with Crippen molar-refractivity contribution in [2.75, 3.05) is 13.6 Å². The van der Waals surface area contributed by atoms with Crippen molar-refractivity contribution < 1.29 is 9.18 Å². The van der Waals surface area contributed by atoms with E-state index in [1.54, 1.807) is 36.2 Å². The minimum absolute atomic E-state index is 0.0747. The molecule has 0 bridgehead atoms. The second-order valence-electron chi connectivity index (χ2n) is 4.94. The highest BCUT2D eigenvalue weighted by Gasteiger charge is 2.16. The first-order valence-electron chi connectivity index (χ1n) is 6.57. The molecule has 0 heterocycles. The standard InChI is InChI=1S/C16H17BrFNO/c1-11(17)9-10-19(2)16(20)14-7-8-15(18)13-6-4-3-5-12(13)14/h3-8,11H,9-10H2,1-2H3. The predicted molar refractivity (Wildman–Crippen MR) is 83.9 cm³/mol. The van der Waals surface area contributed by atoms with Gasteiger partial charge in [-0.3, -0.25) is 4.79 Å². The van der Waals surface area contributed by atoms with Crippen LogP contribution in [0.4, 0.5) is 4.39 Å². The average Bonchev–Trinajstić information content (AvgIpc) is 2.44. The van der Waals surface area contributed by atoms with Gasteiger partial charge in [-0.05, 0) is 23.9 Å². The molecule has 1 unspecified atom stereocenters. The Morgan fingerprint density at radius 2 is 1.90 bits per heavy atom. The van der Waals surface area contributed by atoms with Gasteiger partial charge in [0.15, 0.2) is 0 Å². The van der Waals surface area contributed by atoms with E-state index in [1.165, 1.54) is 6.07 Å². The van der Waals surface area contributed by atoms with Gasteiger partial charge in [0.05, 0.1) is 0 Å².